The number of nitrogens with one attached hydrogen (secondary N) is 1. The van der Waals surface area contributed by atoms with Crippen LogP contribution in [0.25, 0.3) is 0 Å². The first kappa shape index (κ1) is 11.2. The fraction of sp³-hybridized carbons (Fsp3) is 0.571. The number of nitrogens with zero attached hydrogens (tertiary/aromatic N) is 1. The molecule has 0 spiro atoms. The third-order valence-corrected chi connectivity index (χ3v) is 3.92. The topological polar surface area (TPSA) is 21.3 Å². The first-order valence-electron chi connectivity index (χ1n) is 6.61. The zero-order valence-corrected chi connectivity index (χ0v) is 10.7. The number of ether oxygens (including phenoxy) is 1. The van der Waals surface area contributed by atoms with E-state index in [1.54, 1.807) is 0 Å². The minimum Gasteiger partial charge on any atom is -0.378 e. The van der Waals surface area contributed by atoms with Gasteiger partial charge < -0.3 is 4.74 Å². The molecule has 0 aliphatic carbocycles. The molecule has 1 saturated heterocycles. The Morgan fingerprint density at radius 1 is 1.41 bits per heavy atom. The molecule has 1 N–H and O–H groups in total. The summed E-state index contributed by atoms with van der Waals surface area (Å²) in [5.41, 5.74) is 7.73. The van der Waals surface area contributed by atoms with Gasteiger partial charge in [-0.1, -0.05) is 6.07 Å². The van der Waals surface area contributed by atoms with Gasteiger partial charge in [-0.2, -0.15) is 10.0 Å². The van der Waals surface area contributed by atoms with E-state index in [4.69, 9.17) is 4.74 Å². The highest BCUT2D eigenvalue weighted by Gasteiger charge is 2.50. The van der Waals surface area contributed by atoms with Crippen molar-refractivity contribution in [3.8, 4) is 0 Å². The number of fused-ring (bicyclic) bond motifs is 1. The second-order valence-electron chi connectivity index (χ2n) is 5.18. The van der Waals surface area contributed by atoms with E-state index in [1.807, 2.05) is 0 Å². The molecule has 2 aliphatic heterocycles. The van der Waals surface area contributed by atoms with E-state index in [0.29, 0.717) is 6.10 Å². The Morgan fingerprint density at radius 2 is 2.29 bits per heavy atom. The van der Waals surface area contributed by atoms with Crippen molar-refractivity contribution in [3.63, 3.8) is 0 Å². The molecule has 0 bridgehead atoms. The molecule has 3 rings (SSSR count). The second kappa shape index (κ2) is 4.09. The van der Waals surface area contributed by atoms with Gasteiger partial charge in [0.2, 0.25) is 11.4 Å². The van der Waals surface area contributed by atoms with Crippen molar-refractivity contribution in [1.29, 1.82) is 0 Å². The molecular weight excluding hydrogens is 212 g/mol. The summed E-state index contributed by atoms with van der Waals surface area (Å²) < 4.78 is 6.51. The number of quaternary nitrogens is 1. The molecule has 1 aromatic rings. The van der Waals surface area contributed by atoms with Crippen LogP contribution in [0.5, 0.6) is 0 Å². The average Bonchev–Trinajstić information content (AvgIpc) is 2.70. The maximum absolute atomic E-state index is 5.69. The lowest BCUT2D eigenvalue weighted by molar-refractivity contribution is 0.111. The Labute approximate surface area is 103 Å². The largest absolute Gasteiger partial charge is 0.378 e. The lowest BCUT2D eigenvalue weighted by Crippen LogP contribution is -2.40. The third kappa shape index (κ3) is 1.88. The lowest BCUT2D eigenvalue weighted by atomic mass is 10.1. The Bertz CT molecular complexity index is 426. The van der Waals surface area contributed by atoms with Crippen LogP contribution in [0.2, 0.25) is 0 Å². The number of benzene rings is 1. The van der Waals surface area contributed by atoms with Gasteiger partial charge in [-0.25, -0.2) is 0 Å². The molecule has 1 fully saturated rings. The van der Waals surface area contributed by atoms with Crippen LogP contribution < -0.4 is 10.0 Å². The Morgan fingerprint density at radius 3 is 3.00 bits per heavy atom. The van der Waals surface area contributed by atoms with E-state index in [2.05, 4.69) is 37.6 Å². The lowest BCUT2D eigenvalue weighted by Gasteiger charge is -2.10. The van der Waals surface area contributed by atoms with Gasteiger partial charge in [-0.15, -0.1) is 0 Å². The number of hydrogen-bond donors (Lipinski definition) is 1. The van der Waals surface area contributed by atoms with Gasteiger partial charge in [0, 0.05) is 25.3 Å². The van der Waals surface area contributed by atoms with Crippen LogP contribution in [0.15, 0.2) is 18.2 Å². The van der Waals surface area contributed by atoms with Crippen LogP contribution in [0.3, 0.4) is 0 Å². The van der Waals surface area contributed by atoms with Crippen LogP contribution >= 0.6 is 0 Å². The minimum atomic E-state index is 0.449. The first-order chi connectivity index (χ1) is 8.24. The zero-order chi connectivity index (χ0) is 11.9. The molecule has 2 unspecified atom stereocenters. The molecule has 1 aromatic carbocycles. The van der Waals surface area contributed by atoms with Crippen LogP contribution in [-0.4, -0.2) is 26.3 Å². The van der Waals surface area contributed by atoms with E-state index in [1.165, 1.54) is 29.8 Å². The van der Waals surface area contributed by atoms with Crippen LogP contribution in [0.4, 0.5) is 11.4 Å². The monoisotopic (exact) mass is 233 g/mol. The number of rotatable bonds is 4. The Kier molecular flexibility index (Phi) is 2.69. The fourth-order valence-electron chi connectivity index (χ4n) is 2.90. The van der Waals surface area contributed by atoms with Crippen LogP contribution in [0, 0.1) is 0 Å². The Hall–Kier alpha value is -0.900. The summed E-state index contributed by atoms with van der Waals surface area (Å²) in [4.78, 5) is 0. The highest BCUT2D eigenvalue weighted by atomic mass is 16.5. The Balaban J connectivity index is 1.71. The predicted molar refractivity (Wildman–Crippen MR) is 70.2 cm³/mol. The van der Waals surface area contributed by atoms with Gasteiger partial charge in [0.05, 0.1) is 13.2 Å². The summed E-state index contributed by atoms with van der Waals surface area (Å²) in [6.07, 6.45) is 3.96. The summed E-state index contributed by atoms with van der Waals surface area (Å²) in [6.45, 7) is 4.09. The van der Waals surface area contributed by atoms with E-state index in [9.17, 15) is 0 Å². The molecule has 0 aromatic heterocycles. The van der Waals surface area contributed by atoms with Gasteiger partial charge in [0.25, 0.3) is 0 Å². The molecule has 0 saturated carbocycles. The van der Waals surface area contributed by atoms with E-state index in [-0.39, 0.29) is 0 Å². The van der Waals surface area contributed by atoms with Gasteiger partial charge in [0.15, 0.2) is 0 Å². The summed E-state index contributed by atoms with van der Waals surface area (Å²) in [7, 11) is 2.21. The molecule has 0 radical (unpaired) electrons. The summed E-state index contributed by atoms with van der Waals surface area (Å²) >= 11 is 0. The van der Waals surface area contributed by atoms with Gasteiger partial charge in [-0.3, -0.25) is 0 Å². The highest BCUT2D eigenvalue weighted by Crippen LogP contribution is 2.52. The molecule has 17 heavy (non-hydrogen) atoms. The van der Waals surface area contributed by atoms with Crippen molar-refractivity contribution < 1.29 is 4.74 Å². The summed E-state index contributed by atoms with van der Waals surface area (Å²) in [6, 6.07) is 6.84. The molecule has 2 aliphatic rings. The normalized spacial score (nSPS) is 30.4. The van der Waals surface area contributed by atoms with Gasteiger partial charge >= 0.3 is 0 Å². The zero-order valence-electron chi connectivity index (χ0n) is 10.7. The first-order valence-corrected chi connectivity index (χ1v) is 6.61. The van der Waals surface area contributed by atoms with E-state index in [0.717, 1.165) is 24.2 Å². The van der Waals surface area contributed by atoms with Crippen molar-refractivity contribution >= 4 is 11.4 Å². The highest BCUT2D eigenvalue weighted by molar-refractivity contribution is 5.86. The molecule has 92 valence electrons. The van der Waals surface area contributed by atoms with Crippen molar-refractivity contribution in [2.24, 2.45) is 0 Å². The van der Waals surface area contributed by atoms with Crippen molar-refractivity contribution in [3.05, 3.63) is 23.8 Å². The minimum absolute atomic E-state index is 0.449. The molecule has 3 heteroatoms. The summed E-state index contributed by atoms with van der Waals surface area (Å²) in [5.74, 6) is 0. The second-order valence-corrected chi connectivity index (χ2v) is 5.18. The summed E-state index contributed by atoms with van der Waals surface area (Å²) in [5, 5.41) is 0. The average molecular weight is 233 g/mol. The molecule has 3 nitrogen and oxygen atoms in total. The standard InChI is InChI=1S/C14H21N2O/c1-3-15-16(2)13-7-6-11(10-14(13)16)9-12-5-4-8-17-12/h6-7,10,12,15H,3-5,8-9H2,1-2H3/q+1. The van der Waals surface area contributed by atoms with Crippen molar-refractivity contribution in [2.45, 2.75) is 32.3 Å². The van der Waals surface area contributed by atoms with Crippen LogP contribution in [-0.2, 0) is 11.2 Å². The van der Waals surface area contributed by atoms with Gasteiger partial charge in [0.1, 0.15) is 0 Å². The maximum atomic E-state index is 5.69. The molecular formula is C14H21N2O+. The molecule has 2 heterocycles. The van der Waals surface area contributed by atoms with Crippen molar-refractivity contribution in [2.75, 3.05) is 20.2 Å². The SMILES string of the molecule is CCN[N+]1(C)c2ccc(CC3CCCO3)cc21. The molecule has 0 amide bonds. The quantitative estimate of drug-likeness (QED) is 0.637. The predicted octanol–water partition coefficient (Wildman–Crippen LogP) is 2.51. The van der Waals surface area contributed by atoms with E-state index >= 15 is 0 Å². The van der Waals surface area contributed by atoms with E-state index < -0.39 is 0 Å². The van der Waals surface area contributed by atoms with Crippen LogP contribution in [0.1, 0.15) is 25.3 Å². The van der Waals surface area contributed by atoms with Crippen molar-refractivity contribution in [1.82, 2.24) is 10.0 Å². The smallest absolute Gasteiger partial charge is 0.221 e. The maximum Gasteiger partial charge on any atom is 0.221 e. The fourth-order valence-corrected chi connectivity index (χ4v) is 2.90. The number of hydrogen-bond acceptors (Lipinski definition) is 2. The third-order valence-electron chi connectivity index (χ3n) is 3.92. The van der Waals surface area contributed by atoms with Gasteiger partial charge in [-0.05, 0) is 31.7 Å². The molecule has 2 atom stereocenters.